The number of nitrogens with zero attached hydrogens (tertiary/aromatic N) is 1. The van der Waals surface area contributed by atoms with E-state index in [1.807, 2.05) is 6.07 Å². The van der Waals surface area contributed by atoms with Gasteiger partial charge in [0.1, 0.15) is 11.2 Å². The Morgan fingerprint density at radius 3 is 1.77 bits per heavy atom. The number of furan rings is 1. The lowest BCUT2D eigenvalue weighted by Crippen LogP contribution is -2.16. The maximum absolute atomic E-state index is 6.29. The van der Waals surface area contributed by atoms with E-state index in [-0.39, 0.29) is 10.8 Å². The molecule has 56 heavy (non-hydrogen) atoms. The van der Waals surface area contributed by atoms with E-state index in [1.54, 1.807) is 0 Å². The molecule has 8 aromatic carbocycles. The molecular formula is C54H41NO. The smallest absolute Gasteiger partial charge is 0.136 e. The van der Waals surface area contributed by atoms with Crippen molar-refractivity contribution in [1.82, 2.24) is 0 Å². The van der Waals surface area contributed by atoms with Gasteiger partial charge in [0.2, 0.25) is 0 Å². The first kappa shape index (κ1) is 32.8. The zero-order chi connectivity index (χ0) is 37.8. The molecule has 0 N–H and O–H groups in total. The number of anilines is 3. The highest BCUT2D eigenvalue weighted by Gasteiger charge is 2.38. The van der Waals surface area contributed by atoms with Crippen molar-refractivity contribution in [3.63, 3.8) is 0 Å². The van der Waals surface area contributed by atoms with Crippen molar-refractivity contribution in [2.24, 2.45) is 0 Å². The minimum absolute atomic E-state index is 0.0460. The van der Waals surface area contributed by atoms with Crippen LogP contribution in [0.1, 0.15) is 49.9 Å². The van der Waals surface area contributed by atoms with Gasteiger partial charge in [-0.25, -0.2) is 0 Å². The van der Waals surface area contributed by atoms with Crippen LogP contribution in [0.4, 0.5) is 17.1 Å². The lowest BCUT2D eigenvalue weighted by atomic mass is 9.82. The molecule has 2 aliphatic rings. The molecule has 0 radical (unpaired) electrons. The second-order valence-electron chi connectivity index (χ2n) is 16.5. The predicted octanol–water partition coefficient (Wildman–Crippen LogP) is 15.0. The van der Waals surface area contributed by atoms with Crippen LogP contribution in [0.15, 0.2) is 180 Å². The highest BCUT2D eigenvalue weighted by molar-refractivity contribution is 6.12. The number of para-hydroxylation sites is 2. The molecule has 2 heteroatoms. The molecular weight excluding hydrogens is 679 g/mol. The molecule has 1 aromatic heterocycles. The fourth-order valence-electron chi connectivity index (χ4n) is 9.94. The Morgan fingerprint density at radius 1 is 0.393 bits per heavy atom. The molecule has 0 saturated carbocycles. The lowest BCUT2D eigenvalue weighted by molar-refractivity contribution is 0.660. The van der Waals surface area contributed by atoms with Gasteiger partial charge in [-0.3, -0.25) is 0 Å². The van der Waals surface area contributed by atoms with E-state index in [0.29, 0.717) is 0 Å². The zero-order valence-corrected chi connectivity index (χ0v) is 32.1. The third-order valence-electron chi connectivity index (χ3n) is 12.7. The first-order valence-corrected chi connectivity index (χ1v) is 19.7. The Morgan fingerprint density at radius 2 is 0.946 bits per heavy atom. The number of fused-ring (bicyclic) bond motifs is 9. The Balaban J connectivity index is 1.13. The molecule has 0 amide bonds. The van der Waals surface area contributed by atoms with Gasteiger partial charge in [0.15, 0.2) is 0 Å². The van der Waals surface area contributed by atoms with Crippen LogP contribution >= 0.6 is 0 Å². The summed E-state index contributed by atoms with van der Waals surface area (Å²) < 4.78 is 6.29. The maximum atomic E-state index is 6.29. The molecule has 0 aliphatic heterocycles. The highest BCUT2D eigenvalue weighted by Crippen LogP contribution is 2.56. The minimum atomic E-state index is -0.122. The molecule has 0 bridgehead atoms. The highest BCUT2D eigenvalue weighted by atomic mass is 16.3. The van der Waals surface area contributed by atoms with Crippen molar-refractivity contribution in [3.8, 4) is 44.5 Å². The third-order valence-corrected chi connectivity index (χ3v) is 12.7. The van der Waals surface area contributed by atoms with E-state index < -0.39 is 0 Å². The van der Waals surface area contributed by atoms with E-state index in [4.69, 9.17) is 4.42 Å². The molecule has 0 saturated heterocycles. The quantitative estimate of drug-likeness (QED) is 0.176. The largest absolute Gasteiger partial charge is 0.456 e. The van der Waals surface area contributed by atoms with Gasteiger partial charge in [-0.15, -0.1) is 0 Å². The van der Waals surface area contributed by atoms with Crippen LogP contribution in [0.5, 0.6) is 0 Å². The average Bonchev–Trinajstić information content (AvgIpc) is 3.81. The summed E-state index contributed by atoms with van der Waals surface area (Å²) in [7, 11) is 0. The Bertz CT molecular complexity index is 3030. The van der Waals surface area contributed by atoms with Gasteiger partial charge in [-0.1, -0.05) is 161 Å². The standard InChI is InChI=1S/C54H41NO/c1-53(2)43-20-9-5-16-39(43)42-33-35(29-32-45(42)53)37-15-7-11-23-47(37)55(48-24-14-22-46-52(48)40-17-6-10-21-44(40)54(46,3)4)36-30-27-34(28-31-36)38-19-13-26-50-51(38)41-18-8-12-25-49(41)56-50/h5-33H,1-4H3. The van der Waals surface area contributed by atoms with Crippen LogP contribution in [0, 0.1) is 0 Å². The lowest BCUT2D eigenvalue weighted by Gasteiger charge is -2.31. The second-order valence-corrected chi connectivity index (χ2v) is 16.5. The SMILES string of the molecule is CC1(C)c2ccccc2-c2cc(-c3ccccc3N(c3ccc(-c4cccc5oc6ccccc6c45)cc3)c3cccc4c3-c3ccccc3C4(C)C)ccc21. The first-order valence-electron chi connectivity index (χ1n) is 19.7. The van der Waals surface area contributed by atoms with Crippen molar-refractivity contribution < 1.29 is 4.42 Å². The summed E-state index contributed by atoms with van der Waals surface area (Å²) in [5.74, 6) is 0. The number of hydrogen-bond donors (Lipinski definition) is 0. The molecule has 0 atom stereocenters. The molecule has 2 nitrogen and oxygen atoms in total. The topological polar surface area (TPSA) is 16.4 Å². The Hall–Kier alpha value is -6.64. The Labute approximate surface area is 328 Å². The van der Waals surface area contributed by atoms with Crippen LogP contribution in [0.3, 0.4) is 0 Å². The zero-order valence-electron chi connectivity index (χ0n) is 32.1. The van der Waals surface area contributed by atoms with Gasteiger partial charge in [0.25, 0.3) is 0 Å². The van der Waals surface area contributed by atoms with Crippen molar-refractivity contribution in [2.45, 2.75) is 38.5 Å². The monoisotopic (exact) mass is 719 g/mol. The van der Waals surface area contributed by atoms with Crippen molar-refractivity contribution >= 4 is 39.0 Å². The summed E-state index contributed by atoms with van der Waals surface area (Å²) >= 11 is 0. The van der Waals surface area contributed by atoms with Gasteiger partial charge in [0, 0.05) is 38.4 Å². The third kappa shape index (κ3) is 4.62. The molecule has 2 aliphatic carbocycles. The minimum Gasteiger partial charge on any atom is -0.456 e. The molecule has 268 valence electrons. The van der Waals surface area contributed by atoms with Gasteiger partial charge in [0.05, 0.1) is 11.4 Å². The molecule has 1 heterocycles. The van der Waals surface area contributed by atoms with E-state index in [9.17, 15) is 0 Å². The Kier molecular flexibility index (Phi) is 6.98. The number of hydrogen-bond acceptors (Lipinski definition) is 2. The maximum Gasteiger partial charge on any atom is 0.136 e. The predicted molar refractivity (Wildman–Crippen MR) is 234 cm³/mol. The fraction of sp³-hybridized carbons (Fsp3) is 0.111. The van der Waals surface area contributed by atoms with Gasteiger partial charge >= 0.3 is 0 Å². The summed E-state index contributed by atoms with van der Waals surface area (Å²) in [6.45, 7) is 9.42. The summed E-state index contributed by atoms with van der Waals surface area (Å²) in [4.78, 5) is 2.50. The summed E-state index contributed by atoms with van der Waals surface area (Å²) in [6.07, 6.45) is 0. The number of benzene rings is 8. The molecule has 0 fully saturated rings. The van der Waals surface area contributed by atoms with E-state index >= 15 is 0 Å². The summed E-state index contributed by atoms with van der Waals surface area (Å²) in [5, 5.41) is 2.29. The second kappa shape index (κ2) is 11.9. The van der Waals surface area contributed by atoms with Crippen LogP contribution in [0.2, 0.25) is 0 Å². The summed E-state index contributed by atoms with van der Waals surface area (Å²) in [6, 6.07) is 64.6. The van der Waals surface area contributed by atoms with Crippen molar-refractivity contribution in [1.29, 1.82) is 0 Å². The normalized spacial score (nSPS) is 14.4. The van der Waals surface area contributed by atoms with Gasteiger partial charge in [-0.2, -0.15) is 0 Å². The van der Waals surface area contributed by atoms with Crippen molar-refractivity contribution in [3.05, 3.63) is 198 Å². The summed E-state index contributed by atoms with van der Waals surface area (Å²) in [5.41, 5.74) is 20.6. The van der Waals surface area contributed by atoms with Gasteiger partial charge < -0.3 is 9.32 Å². The van der Waals surface area contributed by atoms with Crippen LogP contribution in [-0.2, 0) is 10.8 Å². The average molecular weight is 720 g/mol. The first-order chi connectivity index (χ1) is 27.3. The van der Waals surface area contributed by atoms with E-state index in [0.717, 1.165) is 38.9 Å². The van der Waals surface area contributed by atoms with E-state index in [2.05, 4.69) is 202 Å². The van der Waals surface area contributed by atoms with Crippen LogP contribution in [0.25, 0.3) is 66.4 Å². The van der Waals surface area contributed by atoms with Gasteiger partial charge in [-0.05, 0) is 98.1 Å². The molecule has 0 spiro atoms. The molecule has 9 aromatic rings. The van der Waals surface area contributed by atoms with Crippen LogP contribution in [-0.4, -0.2) is 0 Å². The molecule has 11 rings (SSSR count). The van der Waals surface area contributed by atoms with Crippen molar-refractivity contribution in [2.75, 3.05) is 4.90 Å². The number of rotatable bonds is 5. The fourth-order valence-corrected chi connectivity index (χ4v) is 9.94. The van der Waals surface area contributed by atoms with E-state index in [1.165, 1.54) is 66.9 Å². The molecule has 0 unspecified atom stereocenters. The van der Waals surface area contributed by atoms with Crippen LogP contribution < -0.4 is 4.90 Å².